The first-order chi connectivity index (χ1) is 12.2. The van der Waals surface area contributed by atoms with Crippen molar-refractivity contribution in [2.24, 2.45) is 0 Å². The van der Waals surface area contributed by atoms with Gasteiger partial charge in [-0.3, -0.25) is 4.79 Å². The van der Waals surface area contributed by atoms with Gasteiger partial charge in [-0.2, -0.15) is 0 Å². The minimum atomic E-state index is -0.705. The Kier molecular flexibility index (Phi) is 30.6. The van der Waals surface area contributed by atoms with Gasteiger partial charge in [-0.25, -0.2) is 4.79 Å². The molecule has 1 N–H and O–H groups in total. The van der Waals surface area contributed by atoms with Gasteiger partial charge < -0.3 is 19.3 Å². The average molecular weight is 410 g/mol. The maximum atomic E-state index is 11.1. The Labute approximate surface area is 162 Å². The molecule has 1 aliphatic heterocycles. The summed E-state index contributed by atoms with van der Waals surface area (Å²) in [5, 5.41) is 8.57. The van der Waals surface area contributed by atoms with Crippen LogP contribution in [-0.2, 0) is 50.0 Å². The van der Waals surface area contributed by atoms with Gasteiger partial charge in [-0.15, -0.1) is 0 Å². The number of hydrogen-bond donors (Lipinski definition) is 1. The van der Waals surface area contributed by atoms with Crippen LogP contribution in [0.3, 0.4) is 0 Å². The molecular formula is C16H18FeO9. The molecule has 1 aliphatic rings. The van der Waals surface area contributed by atoms with Gasteiger partial charge in [0, 0.05) is 23.5 Å². The van der Waals surface area contributed by atoms with Crippen molar-refractivity contribution >= 4 is 12.1 Å². The maximum absolute atomic E-state index is 11.1. The number of ether oxygens (including phenoxy) is 3. The first-order valence-electron chi connectivity index (χ1n) is 6.67. The van der Waals surface area contributed by atoms with Gasteiger partial charge in [0.05, 0.1) is 13.7 Å². The first kappa shape index (κ1) is 31.7. The molecule has 0 unspecified atom stereocenters. The Balaban J connectivity index is -0.000000312. The molecule has 0 aliphatic carbocycles. The van der Waals surface area contributed by atoms with Crippen molar-refractivity contribution in [3.8, 4) is 0 Å². The maximum Gasteiger partial charge on any atom is 0 e. The van der Waals surface area contributed by atoms with E-state index >= 15 is 0 Å². The molecule has 1 saturated heterocycles. The van der Waals surface area contributed by atoms with Gasteiger partial charge in [0.2, 0.25) is 0 Å². The number of allylic oxidation sites excluding steroid dienone is 2. The predicted octanol–water partition coefficient (Wildman–Crippen LogP) is 1.22. The summed E-state index contributed by atoms with van der Waals surface area (Å²) in [6, 6.07) is 0. The Hall–Kier alpha value is -2.08. The molecule has 0 bridgehead atoms. The summed E-state index contributed by atoms with van der Waals surface area (Å²) in [5.41, 5.74) is 0. The van der Waals surface area contributed by atoms with Crippen molar-refractivity contribution in [2.75, 3.05) is 13.7 Å². The van der Waals surface area contributed by atoms with Crippen LogP contribution in [-0.4, -0.2) is 43.2 Å². The molecule has 0 spiro atoms. The van der Waals surface area contributed by atoms with E-state index in [1.165, 1.54) is 7.11 Å². The Morgan fingerprint density at radius 1 is 1.19 bits per heavy atom. The third-order valence-electron chi connectivity index (χ3n) is 2.60. The fraction of sp³-hybridized carbons (Fsp3) is 0.438. The second-order valence-electron chi connectivity index (χ2n) is 3.95. The zero-order valence-electron chi connectivity index (χ0n) is 13.9. The van der Waals surface area contributed by atoms with Crippen LogP contribution in [0.5, 0.6) is 0 Å². The Morgan fingerprint density at radius 3 is 2.27 bits per heavy atom. The molecule has 0 aromatic heterocycles. The molecule has 26 heavy (non-hydrogen) atoms. The molecule has 0 saturated carbocycles. The van der Waals surface area contributed by atoms with Crippen LogP contribution in [0.4, 0.5) is 4.79 Å². The second-order valence-corrected chi connectivity index (χ2v) is 3.95. The van der Waals surface area contributed by atoms with E-state index in [1.807, 2.05) is 0 Å². The smallest absolute Gasteiger partial charge is 0 e. The van der Waals surface area contributed by atoms with E-state index in [-0.39, 0.29) is 36.1 Å². The Morgan fingerprint density at radius 2 is 1.77 bits per heavy atom. The number of carbonyl (C=O) groups excluding carboxylic acids is 2. The quantitative estimate of drug-likeness (QED) is 0.220. The molecule has 0 radical (unpaired) electrons. The summed E-state index contributed by atoms with van der Waals surface area (Å²) in [7, 11) is 1.33. The monoisotopic (exact) mass is 410 g/mol. The van der Waals surface area contributed by atoms with Gasteiger partial charge in [0.15, 0.2) is 6.10 Å². The van der Waals surface area contributed by atoms with Crippen molar-refractivity contribution in [3.05, 3.63) is 44.3 Å². The summed E-state index contributed by atoms with van der Waals surface area (Å²) in [6.07, 6.45) is 6.37. The van der Waals surface area contributed by atoms with Crippen LogP contribution in [0.1, 0.15) is 19.3 Å². The zero-order chi connectivity index (χ0) is 20.1. The van der Waals surface area contributed by atoms with E-state index < -0.39 is 18.4 Å². The minimum Gasteiger partial charge on any atom is 0 e. The molecule has 144 valence electrons. The number of aliphatic hydroxyl groups is 1. The van der Waals surface area contributed by atoms with Crippen LogP contribution in [0.15, 0.2) is 24.3 Å². The molecule has 1 heterocycles. The van der Waals surface area contributed by atoms with Crippen molar-refractivity contribution in [1.29, 1.82) is 0 Å². The van der Waals surface area contributed by atoms with Gasteiger partial charge in [-0.1, -0.05) is 18.2 Å². The standard InChI is InChI=1S/C13H18O6.3CO.Fe/c1-17-12(15)8-5-7-11-10(18-13(16)19-11)6-3-2-4-9-14;3*1-2;/h2-4,6,10-11,14H,5,7-9H2,1H3;;;;/b4-2+,6-3+;;;;/t10-,11+;;;;/m0..../s1. The molecule has 10 heteroatoms. The van der Waals surface area contributed by atoms with Crippen LogP contribution in [0, 0.1) is 20.0 Å². The zero-order valence-corrected chi connectivity index (χ0v) is 15.0. The van der Waals surface area contributed by atoms with Crippen LogP contribution >= 0.6 is 0 Å². The first-order valence-corrected chi connectivity index (χ1v) is 6.67. The van der Waals surface area contributed by atoms with Crippen LogP contribution in [0.25, 0.3) is 0 Å². The Bertz CT molecular complexity index is 466. The normalized spacial score (nSPS) is 16.8. The molecule has 2 atom stereocenters. The van der Waals surface area contributed by atoms with E-state index in [2.05, 4.69) is 24.7 Å². The number of carbonyl (C=O) groups is 2. The summed E-state index contributed by atoms with van der Waals surface area (Å²) in [4.78, 5) is 22.0. The number of esters is 1. The van der Waals surface area contributed by atoms with Gasteiger partial charge in [-0.05, 0) is 18.9 Å². The fourth-order valence-electron chi connectivity index (χ4n) is 1.65. The SMILES string of the molecule is COC(=O)CCC[C@H]1OC(=O)O[C@H]1/C=C/C=C/CO.[C-]#[O+].[C-]#[O+].[C-]#[O+].[Fe]. The summed E-state index contributed by atoms with van der Waals surface area (Å²) in [6.45, 7) is 13.5. The van der Waals surface area contributed by atoms with Gasteiger partial charge >= 0.3 is 46.0 Å². The number of aliphatic hydroxyl groups excluding tert-OH is 1. The van der Waals surface area contributed by atoms with Crippen molar-refractivity contribution in [3.63, 3.8) is 0 Å². The van der Waals surface area contributed by atoms with Crippen LogP contribution in [0.2, 0.25) is 0 Å². The minimum absolute atomic E-state index is 0. The van der Waals surface area contributed by atoms with E-state index in [4.69, 9.17) is 28.5 Å². The largest absolute Gasteiger partial charge is 0 e. The van der Waals surface area contributed by atoms with E-state index in [0.29, 0.717) is 12.8 Å². The van der Waals surface area contributed by atoms with Gasteiger partial charge in [0.25, 0.3) is 0 Å². The van der Waals surface area contributed by atoms with Crippen molar-refractivity contribution in [2.45, 2.75) is 31.5 Å². The summed E-state index contributed by atoms with van der Waals surface area (Å²) < 4.78 is 37.0. The third kappa shape index (κ3) is 16.8. The number of hydrogen-bond acceptors (Lipinski definition) is 6. The van der Waals surface area contributed by atoms with Gasteiger partial charge in [0.1, 0.15) is 6.10 Å². The number of rotatable bonds is 7. The molecule has 1 fully saturated rings. The van der Waals surface area contributed by atoms with Crippen molar-refractivity contribution in [1.82, 2.24) is 0 Å². The second kappa shape index (κ2) is 25.2. The number of methoxy groups -OCH3 is 1. The van der Waals surface area contributed by atoms with E-state index in [0.717, 1.165) is 0 Å². The average Bonchev–Trinajstić information content (AvgIpc) is 3.03. The fourth-order valence-corrected chi connectivity index (χ4v) is 1.65. The number of cyclic esters (lactones) is 2. The molecule has 9 nitrogen and oxygen atoms in total. The summed E-state index contributed by atoms with van der Waals surface area (Å²) >= 11 is 0. The summed E-state index contributed by atoms with van der Waals surface area (Å²) in [5.74, 6) is -0.289. The van der Waals surface area contributed by atoms with E-state index in [1.54, 1.807) is 24.3 Å². The van der Waals surface area contributed by atoms with Crippen LogP contribution < -0.4 is 0 Å². The molecule has 0 aromatic carbocycles. The topological polar surface area (TPSA) is 142 Å². The molecule has 0 aromatic rings. The predicted molar refractivity (Wildman–Crippen MR) is 78.2 cm³/mol. The molecule has 1 rings (SSSR count). The van der Waals surface area contributed by atoms with E-state index in [9.17, 15) is 9.59 Å². The van der Waals surface area contributed by atoms with Crippen molar-refractivity contribution < 1.29 is 59.9 Å². The third-order valence-corrected chi connectivity index (χ3v) is 2.60. The molecular weight excluding hydrogens is 392 g/mol. The molecule has 0 amide bonds.